The molecule has 1 aliphatic carbocycles. The van der Waals surface area contributed by atoms with Crippen molar-refractivity contribution in [2.45, 2.75) is 56.6 Å². The van der Waals surface area contributed by atoms with Gasteiger partial charge in [-0.1, -0.05) is 6.42 Å². The van der Waals surface area contributed by atoms with Gasteiger partial charge in [-0.05, 0) is 57.4 Å². The molecule has 3 nitrogen and oxygen atoms in total. The van der Waals surface area contributed by atoms with E-state index in [9.17, 15) is 0 Å². The summed E-state index contributed by atoms with van der Waals surface area (Å²) in [5.41, 5.74) is 0.153. The molecular formula is C15H27NO2. The Morgan fingerprint density at radius 1 is 1.06 bits per heavy atom. The summed E-state index contributed by atoms with van der Waals surface area (Å²) in [6, 6.07) is 0.724. The van der Waals surface area contributed by atoms with E-state index in [4.69, 9.17) is 9.47 Å². The van der Waals surface area contributed by atoms with Crippen molar-refractivity contribution in [2.75, 3.05) is 26.9 Å². The Balaban J connectivity index is 1.64. The molecule has 0 amide bonds. The summed E-state index contributed by atoms with van der Waals surface area (Å²) in [4.78, 5) is 0. The Bertz CT molecular complexity index is 266. The van der Waals surface area contributed by atoms with Gasteiger partial charge in [0, 0.05) is 25.9 Å². The first-order valence-corrected chi connectivity index (χ1v) is 7.72. The van der Waals surface area contributed by atoms with Gasteiger partial charge in [0.15, 0.2) is 0 Å². The lowest BCUT2D eigenvalue weighted by Crippen LogP contribution is -2.51. The van der Waals surface area contributed by atoms with Crippen molar-refractivity contribution >= 4 is 0 Å². The molecule has 3 fully saturated rings. The molecule has 0 radical (unpaired) electrons. The normalized spacial score (nSPS) is 34.2. The first kappa shape index (κ1) is 12.9. The molecule has 0 aromatic heterocycles. The van der Waals surface area contributed by atoms with Crippen molar-refractivity contribution in [1.29, 1.82) is 0 Å². The van der Waals surface area contributed by atoms with Gasteiger partial charge >= 0.3 is 0 Å². The lowest BCUT2D eigenvalue weighted by molar-refractivity contribution is -0.152. The summed E-state index contributed by atoms with van der Waals surface area (Å²) in [7, 11) is 2.15. The smallest absolute Gasteiger partial charge is 0.0729 e. The summed E-state index contributed by atoms with van der Waals surface area (Å²) in [6.45, 7) is 2.73. The van der Waals surface area contributed by atoms with E-state index >= 15 is 0 Å². The van der Waals surface area contributed by atoms with Gasteiger partial charge in [0.1, 0.15) is 0 Å². The average molecular weight is 253 g/mol. The van der Waals surface area contributed by atoms with E-state index < -0.39 is 0 Å². The highest BCUT2D eigenvalue weighted by molar-refractivity contribution is 4.95. The van der Waals surface area contributed by atoms with Gasteiger partial charge in [-0.3, -0.25) is 0 Å². The van der Waals surface area contributed by atoms with E-state index in [0.29, 0.717) is 0 Å². The van der Waals surface area contributed by atoms with E-state index in [1.807, 2.05) is 0 Å². The van der Waals surface area contributed by atoms with Gasteiger partial charge in [0.05, 0.1) is 5.60 Å². The molecule has 2 heterocycles. The number of nitrogens with one attached hydrogen (secondary N) is 1. The second kappa shape index (κ2) is 5.48. The second-order valence-corrected chi connectivity index (χ2v) is 6.40. The van der Waals surface area contributed by atoms with Crippen molar-refractivity contribution < 1.29 is 9.47 Å². The molecule has 3 rings (SSSR count). The van der Waals surface area contributed by atoms with Gasteiger partial charge in [0.25, 0.3) is 0 Å². The third-order valence-corrected chi connectivity index (χ3v) is 5.43. The van der Waals surface area contributed by atoms with E-state index in [0.717, 1.165) is 50.5 Å². The molecule has 2 aliphatic heterocycles. The lowest BCUT2D eigenvalue weighted by atomic mass is 9.69. The zero-order valence-electron chi connectivity index (χ0n) is 11.6. The summed E-state index contributed by atoms with van der Waals surface area (Å²) < 4.78 is 11.7. The zero-order valence-corrected chi connectivity index (χ0v) is 11.6. The van der Waals surface area contributed by atoms with Crippen LogP contribution < -0.4 is 5.32 Å². The lowest BCUT2D eigenvalue weighted by Gasteiger charge is -2.48. The fourth-order valence-electron chi connectivity index (χ4n) is 4.12. The number of hydrogen-bond acceptors (Lipinski definition) is 3. The molecule has 0 aromatic rings. The molecular weight excluding hydrogens is 226 g/mol. The molecule has 1 saturated carbocycles. The van der Waals surface area contributed by atoms with Crippen LogP contribution in [-0.2, 0) is 9.47 Å². The van der Waals surface area contributed by atoms with Gasteiger partial charge < -0.3 is 14.8 Å². The second-order valence-electron chi connectivity index (χ2n) is 6.40. The largest absolute Gasteiger partial charge is 0.381 e. The summed E-state index contributed by atoms with van der Waals surface area (Å²) in [5, 5.41) is 3.61. The van der Waals surface area contributed by atoms with Gasteiger partial charge in [0.2, 0.25) is 0 Å². The maximum Gasteiger partial charge on any atom is 0.0729 e. The first-order valence-electron chi connectivity index (χ1n) is 7.72. The van der Waals surface area contributed by atoms with Gasteiger partial charge in [-0.25, -0.2) is 0 Å². The van der Waals surface area contributed by atoms with Crippen LogP contribution in [0.2, 0.25) is 0 Å². The number of hydrogen-bond donors (Lipinski definition) is 1. The predicted octanol–water partition coefficient (Wildman–Crippen LogP) is 2.35. The minimum Gasteiger partial charge on any atom is -0.381 e. The number of ether oxygens (including phenoxy) is 2. The highest BCUT2D eigenvalue weighted by atomic mass is 16.5. The van der Waals surface area contributed by atoms with Crippen LogP contribution in [0.4, 0.5) is 0 Å². The van der Waals surface area contributed by atoms with Crippen LogP contribution in [0.5, 0.6) is 0 Å². The molecule has 104 valence electrons. The standard InChI is InChI=1S/C15H27NO2/c1-16-14(12-3-2-4-12)13-5-8-18-15(11-13)6-9-17-10-7-15/h12-14,16H,2-11H2,1H3. The summed E-state index contributed by atoms with van der Waals surface area (Å²) in [6.07, 6.45) is 8.99. The Hall–Kier alpha value is -0.120. The molecule has 2 unspecified atom stereocenters. The van der Waals surface area contributed by atoms with Crippen LogP contribution in [0.15, 0.2) is 0 Å². The molecule has 3 heteroatoms. The Labute approximate surface area is 111 Å². The summed E-state index contributed by atoms with van der Waals surface area (Å²) in [5.74, 6) is 1.74. The van der Waals surface area contributed by atoms with Crippen molar-refractivity contribution in [3.8, 4) is 0 Å². The van der Waals surface area contributed by atoms with E-state index in [-0.39, 0.29) is 5.60 Å². The maximum absolute atomic E-state index is 6.15. The van der Waals surface area contributed by atoms with Crippen LogP contribution in [0.3, 0.4) is 0 Å². The van der Waals surface area contributed by atoms with Gasteiger partial charge in [-0.15, -0.1) is 0 Å². The fourth-order valence-corrected chi connectivity index (χ4v) is 4.12. The van der Waals surface area contributed by atoms with E-state index in [1.54, 1.807) is 0 Å². The molecule has 1 spiro atoms. The van der Waals surface area contributed by atoms with Crippen molar-refractivity contribution in [1.82, 2.24) is 5.32 Å². The highest BCUT2D eigenvalue weighted by Gasteiger charge is 2.43. The fraction of sp³-hybridized carbons (Fsp3) is 1.00. The molecule has 0 aromatic carbocycles. The predicted molar refractivity (Wildman–Crippen MR) is 71.6 cm³/mol. The molecule has 18 heavy (non-hydrogen) atoms. The van der Waals surface area contributed by atoms with Crippen LogP contribution in [0, 0.1) is 11.8 Å². The van der Waals surface area contributed by atoms with E-state index in [1.165, 1.54) is 32.1 Å². The van der Waals surface area contributed by atoms with Crippen LogP contribution in [-0.4, -0.2) is 38.5 Å². The molecule has 3 aliphatic rings. The number of rotatable bonds is 3. The third-order valence-electron chi connectivity index (χ3n) is 5.43. The van der Waals surface area contributed by atoms with Crippen molar-refractivity contribution in [2.24, 2.45) is 11.8 Å². The molecule has 0 bridgehead atoms. The van der Waals surface area contributed by atoms with Gasteiger partial charge in [-0.2, -0.15) is 0 Å². The van der Waals surface area contributed by atoms with Crippen molar-refractivity contribution in [3.63, 3.8) is 0 Å². The summed E-state index contributed by atoms with van der Waals surface area (Å²) >= 11 is 0. The highest BCUT2D eigenvalue weighted by Crippen LogP contribution is 2.42. The first-order chi connectivity index (χ1) is 8.83. The zero-order chi connectivity index (χ0) is 12.4. The van der Waals surface area contributed by atoms with Crippen LogP contribution in [0.1, 0.15) is 44.9 Å². The van der Waals surface area contributed by atoms with Crippen LogP contribution >= 0.6 is 0 Å². The van der Waals surface area contributed by atoms with E-state index in [2.05, 4.69) is 12.4 Å². The average Bonchev–Trinajstić information content (AvgIpc) is 2.34. The Morgan fingerprint density at radius 3 is 2.44 bits per heavy atom. The topological polar surface area (TPSA) is 30.5 Å². The molecule has 1 N–H and O–H groups in total. The van der Waals surface area contributed by atoms with Crippen LogP contribution in [0.25, 0.3) is 0 Å². The minimum absolute atomic E-state index is 0.153. The third kappa shape index (κ3) is 2.45. The monoisotopic (exact) mass is 253 g/mol. The molecule has 2 saturated heterocycles. The Kier molecular flexibility index (Phi) is 3.92. The van der Waals surface area contributed by atoms with Crippen molar-refractivity contribution in [3.05, 3.63) is 0 Å². The quantitative estimate of drug-likeness (QED) is 0.837. The minimum atomic E-state index is 0.153. The maximum atomic E-state index is 6.15. The Morgan fingerprint density at radius 2 is 1.83 bits per heavy atom. The SMILES string of the molecule is CNC(C1CCC1)C1CCOC2(CCOCC2)C1. The molecule has 2 atom stereocenters.